The van der Waals surface area contributed by atoms with Crippen LogP contribution >= 0.6 is 0 Å². The van der Waals surface area contributed by atoms with E-state index in [1.165, 1.54) is 0 Å². The first-order valence-electron chi connectivity index (χ1n) is 6.28. The maximum atomic E-state index is 11.9. The summed E-state index contributed by atoms with van der Waals surface area (Å²) in [5.41, 5.74) is 2.30. The van der Waals surface area contributed by atoms with Crippen LogP contribution in [0.1, 0.15) is 10.4 Å². The van der Waals surface area contributed by atoms with Crippen molar-refractivity contribution in [2.24, 2.45) is 0 Å². The van der Waals surface area contributed by atoms with E-state index in [1.807, 2.05) is 30.3 Å². The fraction of sp³-hybridized carbons (Fsp3) is 0.125. The maximum absolute atomic E-state index is 11.9. The number of benzene rings is 2. The zero-order valence-electron chi connectivity index (χ0n) is 11.2. The summed E-state index contributed by atoms with van der Waals surface area (Å²) in [7, 11) is -3.65. The number of sulfone groups is 1. The highest BCUT2D eigenvalue weighted by Crippen LogP contribution is 2.19. The average Bonchev–Trinajstić information content (AvgIpc) is 2.48. The second-order valence-corrected chi connectivity index (χ2v) is 6.62. The van der Waals surface area contributed by atoms with E-state index in [9.17, 15) is 13.2 Å². The smallest absolute Gasteiger partial charge is 0.177 e. The van der Waals surface area contributed by atoms with Crippen LogP contribution in [0, 0.1) is 11.3 Å². The van der Waals surface area contributed by atoms with Crippen molar-refractivity contribution in [3.63, 3.8) is 0 Å². The van der Waals surface area contributed by atoms with Gasteiger partial charge >= 0.3 is 0 Å². The molecule has 2 aromatic rings. The van der Waals surface area contributed by atoms with Gasteiger partial charge < -0.3 is 0 Å². The summed E-state index contributed by atoms with van der Waals surface area (Å²) in [5.74, 6) is -1.77. The van der Waals surface area contributed by atoms with Crippen molar-refractivity contribution in [1.82, 2.24) is 0 Å². The third kappa shape index (κ3) is 4.01. The van der Waals surface area contributed by atoms with Crippen LogP contribution in [0.25, 0.3) is 11.1 Å². The first kappa shape index (κ1) is 14.9. The molecule has 0 unspecified atom stereocenters. The van der Waals surface area contributed by atoms with Gasteiger partial charge in [-0.05, 0) is 11.1 Å². The van der Waals surface area contributed by atoms with Crippen LogP contribution in [0.4, 0.5) is 0 Å². The second kappa shape index (κ2) is 6.33. The Kier molecular flexibility index (Phi) is 4.51. The quantitative estimate of drug-likeness (QED) is 0.795. The molecule has 0 aromatic heterocycles. The Morgan fingerprint density at radius 1 is 0.952 bits per heavy atom. The van der Waals surface area contributed by atoms with E-state index >= 15 is 0 Å². The lowest BCUT2D eigenvalue weighted by Gasteiger charge is -2.04. The van der Waals surface area contributed by atoms with Crippen LogP contribution in [0.15, 0.2) is 54.6 Å². The topological polar surface area (TPSA) is 75.0 Å². The largest absolute Gasteiger partial charge is 0.293 e. The monoisotopic (exact) mass is 299 g/mol. The van der Waals surface area contributed by atoms with Crippen molar-refractivity contribution in [2.75, 3.05) is 11.5 Å². The predicted molar refractivity (Wildman–Crippen MR) is 80.5 cm³/mol. The fourth-order valence-electron chi connectivity index (χ4n) is 1.91. The van der Waals surface area contributed by atoms with Gasteiger partial charge in [-0.1, -0.05) is 54.6 Å². The van der Waals surface area contributed by atoms with E-state index in [0.29, 0.717) is 5.56 Å². The summed E-state index contributed by atoms with van der Waals surface area (Å²) in [4.78, 5) is 11.9. The lowest BCUT2D eigenvalue weighted by Crippen LogP contribution is -2.18. The highest BCUT2D eigenvalue weighted by molar-refractivity contribution is 7.92. The normalized spacial score (nSPS) is 10.8. The maximum Gasteiger partial charge on any atom is 0.177 e. The number of rotatable bonds is 5. The Morgan fingerprint density at radius 2 is 1.52 bits per heavy atom. The van der Waals surface area contributed by atoms with Gasteiger partial charge in [-0.25, -0.2) is 8.42 Å². The molecular weight excluding hydrogens is 286 g/mol. The minimum atomic E-state index is -3.65. The molecule has 0 heterocycles. The molecular formula is C16H13NO3S. The minimum absolute atomic E-state index is 0.330. The molecule has 0 radical (unpaired) electrons. The second-order valence-electron chi connectivity index (χ2n) is 4.56. The van der Waals surface area contributed by atoms with Gasteiger partial charge in [0.25, 0.3) is 0 Å². The average molecular weight is 299 g/mol. The standard InChI is InChI=1S/C16H13NO3S/c17-10-11-21(19,20)12-16(18)15-8-6-14(7-9-15)13-4-2-1-3-5-13/h1-9H,11-12H2. The zero-order valence-corrected chi connectivity index (χ0v) is 12.0. The third-order valence-electron chi connectivity index (χ3n) is 2.95. The molecule has 0 saturated carbocycles. The van der Waals surface area contributed by atoms with Crippen molar-refractivity contribution >= 4 is 15.6 Å². The van der Waals surface area contributed by atoms with Gasteiger partial charge in [-0.15, -0.1) is 0 Å². The SMILES string of the molecule is N#CCS(=O)(=O)CC(=O)c1ccc(-c2ccccc2)cc1. The summed E-state index contributed by atoms with van der Waals surface area (Å²) in [6.07, 6.45) is 0. The van der Waals surface area contributed by atoms with Crippen molar-refractivity contribution < 1.29 is 13.2 Å². The molecule has 2 aromatic carbocycles. The van der Waals surface area contributed by atoms with Crippen molar-refractivity contribution in [2.45, 2.75) is 0 Å². The summed E-state index contributed by atoms with van der Waals surface area (Å²) in [5, 5.41) is 8.41. The number of hydrogen-bond acceptors (Lipinski definition) is 4. The minimum Gasteiger partial charge on any atom is -0.293 e. The molecule has 2 rings (SSSR count). The van der Waals surface area contributed by atoms with E-state index in [1.54, 1.807) is 30.3 Å². The predicted octanol–water partition coefficient (Wildman–Crippen LogP) is 2.47. The van der Waals surface area contributed by atoms with Crippen LogP contribution in [0.3, 0.4) is 0 Å². The first-order valence-corrected chi connectivity index (χ1v) is 8.10. The van der Waals surface area contributed by atoms with Gasteiger partial charge in [0, 0.05) is 5.56 Å². The van der Waals surface area contributed by atoms with Crippen molar-refractivity contribution in [3.05, 3.63) is 60.2 Å². The van der Waals surface area contributed by atoms with Crippen LogP contribution in [0.2, 0.25) is 0 Å². The highest BCUT2D eigenvalue weighted by Gasteiger charge is 2.17. The van der Waals surface area contributed by atoms with Gasteiger partial charge in [0.15, 0.2) is 15.6 Å². The summed E-state index contributed by atoms with van der Waals surface area (Å²) >= 11 is 0. The van der Waals surface area contributed by atoms with E-state index in [-0.39, 0.29) is 0 Å². The highest BCUT2D eigenvalue weighted by atomic mass is 32.2. The molecule has 106 valence electrons. The van der Waals surface area contributed by atoms with Gasteiger partial charge in [0.1, 0.15) is 11.5 Å². The number of carbonyl (C=O) groups is 1. The molecule has 0 aliphatic rings. The summed E-state index contributed by atoms with van der Waals surface area (Å²) in [6, 6.07) is 18.0. The van der Waals surface area contributed by atoms with Gasteiger partial charge in [0.05, 0.1) is 6.07 Å². The van der Waals surface area contributed by atoms with E-state index in [4.69, 9.17) is 5.26 Å². The zero-order chi connectivity index (χ0) is 15.3. The number of Topliss-reactive ketones (excluding diaryl/α,β-unsaturated/α-hetero) is 1. The van der Waals surface area contributed by atoms with E-state index in [2.05, 4.69) is 0 Å². The molecule has 0 bridgehead atoms. The number of hydrogen-bond donors (Lipinski definition) is 0. The Bertz CT molecular complexity index is 773. The Labute approximate surface area is 123 Å². The Hall–Kier alpha value is -2.45. The molecule has 4 nitrogen and oxygen atoms in total. The van der Waals surface area contributed by atoms with Crippen LogP contribution in [-0.4, -0.2) is 25.7 Å². The molecule has 0 atom stereocenters. The van der Waals surface area contributed by atoms with E-state index < -0.39 is 27.1 Å². The summed E-state index contributed by atoms with van der Waals surface area (Å²) in [6.45, 7) is 0. The molecule has 0 fully saturated rings. The van der Waals surface area contributed by atoms with Crippen LogP contribution < -0.4 is 0 Å². The van der Waals surface area contributed by atoms with Crippen molar-refractivity contribution in [1.29, 1.82) is 5.26 Å². The molecule has 5 heteroatoms. The molecule has 0 N–H and O–H groups in total. The Morgan fingerprint density at radius 3 is 2.10 bits per heavy atom. The van der Waals surface area contributed by atoms with Crippen LogP contribution in [0.5, 0.6) is 0 Å². The van der Waals surface area contributed by atoms with Crippen LogP contribution in [-0.2, 0) is 9.84 Å². The molecule has 21 heavy (non-hydrogen) atoms. The molecule has 0 saturated heterocycles. The molecule has 0 amide bonds. The third-order valence-corrected chi connectivity index (χ3v) is 4.22. The van der Waals surface area contributed by atoms with Crippen molar-refractivity contribution in [3.8, 4) is 17.2 Å². The fourth-order valence-corrected chi connectivity index (χ4v) is 2.78. The van der Waals surface area contributed by atoms with E-state index in [0.717, 1.165) is 11.1 Å². The molecule has 0 aliphatic carbocycles. The molecule has 0 spiro atoms. The summed E-state index contributed by atoms with van der Waals surface area (Å²) < 4.78 is 22.9. The van der Waals surface area contributed by atoms with Gasteiger partial charge in [-0.2, -0.15) is 5.26 Å². The number of ketones is 1. The lowest BCUT2D eigenvalue weighted by atomic mass is 10.0. The number of nitrogens with zero attached hydrogens (tertiary/aromatic N) is 1. The number of carbonyl (C=O) groups excluding carboxylic acids is 1. The van der Waals surface area contributed by atoms with Gasteiger partial charge in [0.2, 0.25) is 0 Å². The number of nitriles is 1. The Balaban J connectivity index is 2.16. The van der Waals surface area contributed by atoms with Gasteiger partial charge in [-0.3, -0.25) is 4.79 Å². The lowest BCUT2D eigenvalue weighted by molar-refractivity contribution is 0.102. The first-order chi connectivity index (χ1) is 10.0. The molecule has 0 aliphatic heterocycles.